The molecular formula is C9H12O4S. The number of carbonyl (C=O) groups is 1. The summed E-state index contributed by atoms with van der Waals surface area (Å²) in [5.41, 5.74) is -1.13. The average Bonchev–Trinajstić information content (AvgIpc) is 2.40. The third-order valence-corrected chi connectivity index (χ3v) is 4.41. The van der Waals surface area contributed by atoms with Crippen LogP contribution in [0.4, 0.5) is 0 Å². The largest absolute Gasteiger partial charge is 0.481 e. The van der Waals surface area contributed by atoms with Gasteiger partial charge in [-0.15, -0.1) is 12.3 Å². The fourth-order valence-electron chi connectivity index (χ4n) is 1.70. The predicted molar refractivity (Wildman–Crippen MR) is 51.4 cm³/mol. The molecule has 1 fully saturated rings. The summed E-state index contributed by atoms with van der Waals surface area (Å²) >= 11 is 0. The van der Waals surface area contributed by atoms with Crippen molar-refractivity contribution in [3.8, 4) is 12.3 Å². The molecule has 4 nitrogen and oxygen atoms in total. The van der Waals surface area contributed by atoms with E-state index >= 15 is 0 Å². The molecule has 1 atom stereocenters. The summed E-state index contributed by atoms with van der Waals surface area (Å²) in [6, 6.07) is 0. The maximum Gasteiger partial charge on any atom is 0.310 e. The van der Waals surface area contributed by atoms with Crippen molar-refractivity contribution in [2.24, 2.45) is 5.41 Å². The molecule has 0 spiro atoms. The number of hydrogen-bond donors (Lipinski definition) is 1. The van der Waals surface area contributed by atoms with Gasteiger partial charge in [-0.2, -0.15) is 0 Å². The third kappa shape index (κ3) is 2.07. The van der Waals surface area contributed by atoms with Crippen LogP contribution < -0.4 is 0 Å². The lowest BCUT2D eigenvalue weighted by atomic mass is 9.83. The number of sulfone groups is 1. The highest BCUT2D eigenvalue weighted by Gasteiger charge is 2.47. The van der Waals surface area contributed by atoms with Crippen molar-refractivity contribution in [3.05, 3.63) is 0 Å². The summed E-state index contributed by atoms with van der Waals surface area (Å²) < 4.78 is 22.4. The Hall–Kier alpha value is -1.02. The second kappa shape index (κ2) is 3.62. The minimum atomic E-state index is -3.18. The van der Waals surface area contributed by atoms with Crippen molar-refractivity contribution >= 4 is 15.8 Å². The Bertz CT molecular complexity index is 376. The molecule has 0 bridgehead atoms. The summed E-state index contributed by atoms with van der Waals surface area (Å²) in [7, 11) is -3.18. The molecule has 0 aromatic carbocycles. The zero-order valence-corrected chi connectivity index (χ0v) is 8.51. The molecule has 0 aromatic rings. The van der Waals surface area contributed by atoms with Crippen LogP contribution in [0.25, 0.3) is 0 Å². The van der Waals surface area contributed by atoms with E-state index in [9.17, 15) is 13.2 Å². The highest BCUT2D eigenvalue weighted by molar-refractivity contribution is 7.91. The van der Waals surface area contributed by atoms with E-state index in [2.05, 4.69) is 5.92 Å². The van der Waals surface area contributed by atoms with Gasteiger partial charge in [0.05, 0.1) is 16.9 Å². The van der Waals surface area contributed by atoms with E-state index in [0.717, 1.165) is 0 Å². The quantitative estimate of drug-likeness (QED) is 0.688. The monoisotopic (exact) mass is 216 g/mol. The topological polar surface area (TPSA) is 71.4 Å². The van der Waals surface area contributed by atoms with Gasteiger partial charge in [-0.3, -0.25) is 4.79 Å². The fourth-order valence-corrected chi connectivity index (χ4v) is 3.80. The first-order valence-corrected chi connectivity index (χ1v) is 6.11. The molecule has 0 aromatic heterocycles. The third-order valence-electron chi connectivity index (χ3n) is 2.59. The number of carboxylic acid groups (broad SMARTS) is 1. The molecule has 1 unspecified atom stereocenters. The fraction of sp³-hybridized carbons (Fsp3) is 0.667. The SMILES string of the molecule is C#CCCC1(C(=O)O)CCS(=O)(=O)C1. The van der Waals surface area contributed by atoms with E-state index in [0.29, 0.717) is 6.42 Å². The molecule has 14 heavy (non-hydrogen) atoms. The molecule has 1 saturated heterocycles. The first-order chi connectivity index (χ1) is 6.42. The Balaban J connectivity index is 2.87. The van der Waals surface area contributed by atoms with Gasteiger partial charge < -0.3 is 5.11 Å². The van der Waals surface area contributed by atoms with Gasteiger partial charge in [-0.05, 0) is 12.8 Å². The van der Waals surface area contributed by atoms with Gasteiger partial charge in [0.1, 0.15) is 0 Å². The Labute approximate surface area is 83.2 Å². The molecule has 0 radical (unpaired) electrons. The highest BCUT2D eigenvalue weighted by Crippen LogP contribution is 2.36. The molecule has 1 aliphatic rings. The zero-order chi connectivity index (χ0) is 10.8. The van der Waals surface area contributed by atoms with Crippen LogP contribution >= 0.6 is 0 Å². The van der Waals surface area contributed by atoms with E-state index < -0.39 is 21.2 Å². The summed E-state index contributed by atoms with van der Waals surface area (Å²) in [4.78, 5) is 11.0. The van der Waals surface area contributed by atoms with Gasteiger partial charge in [0, 0.05) is 6.42 Å². The maximum atomic E-state index is 11.2. The maximum absolute atomic E-state index is 11.2. The van der Waals surface area contributed by atoms with Crippen molar-refractivity contribution < 1.29 is 18.3 Å². The Morgan fingerprint density at radius 2 is 2.21 bits per heavy atom. The minimum Gasteiger partial charge on any atom is -0.481 e. The van der Waals surface area contributed by atoms with Crippen molar-refractivity contribution in [2.75, 3.05) is 11.5 Å². The molecular weight excluding hydrogens is 204 g/mol. The molecule has 1 N–H and O–H groups in total. The van der Waals surface area contributed by atoms with Gasteiger partial charge in [-0.25, -0.2) is 8.42 Å². The van der Waals surface area contributed by atoms with E-state index in [1.807, 2.05) is 0 Å². The van der Waals surface area contributed by atoms with Gasteiger partial charge in [0.2, 0.25) is 0 Å². The van der Waals surface area contributed by atoms with Gasteiger partial charge >= 0.3 is 5.97 Å². The van der Waals surface area contributed by atoms with Gasteiger partial charge in [-0.1, -0.05) is 0 Å². The molecule has 0 aliphatic carbocycles. The zero-order valence-electron chi connectivity index (χ0n) is 7.69. The Kier molecular flexibility index (Phi) is 2.86. The summed E-state index contributed by atoms with van der Waals surface area (Å²) in [6.07, 6.45) is 5.78. The van der Waals surface area contributed by atoms with Crippen LogP contribution in [0.1, 0.15) is 19.3 Å². The second-order valence-electron chi connectivity index (χ2n) is 3.63. The standard InChI is InChI=1S/C9H12O4S/c1-2-3-4-9(8(10)11)5-6-14(12,13)7-9/h1H,3-7H2,(H,10,11). The molecule has 0 amide bonds. The number of rotatable bonds is 3. The number of aliphatic carboxylic acids is 1. The van der Waals surface area contributed by atoms with Crippen LogP contribution in [0.3, 0.4) is 0 Å². The smallest absolute Gasteiger partial charge is 0.310 e. The highest BCUT2D eigenvalue weighted by atomic mass is 32.2. The van der Waals surface area contributed by atoms with Crippen LogP contribution in [0.2, 0.25) is 0 Å². The molecule has 78 valence electrons. The van der Waals surface area contributed by atoms with E-state index in [1.54, 1.807) is 0 Å². The minimum absolute atomic E-state index is 0.0378. The normalized spacial score (nSPS) is 29.6. The van der Waals surface area contributed by atoms with Gasteiger partial charge in [0.15, 0.2) is 9.84 Å². The van der Waals surface area contributed by atoms with Crippen molar-refractivity contribution in [1.29, 1.82) is 0 Å². The lowest BCUT2D eigenvalue weighted by Crippen LogP contribution is -2.32. The van der Waals surface area contributed by atoms with E-state index in [1.165, 1.54) is 0 Å². The van der Waals surface area contributed by atoms with Gasteiger partial charge in [0.25, 0.3) is 0 Å². The van der Waals surface area contributed by atoms with Crippen LogP contribution in [0, 0.1) is 17.8 Å². The second-order valence-corrected chi connectivity index (χ2v) is 5.82. The first kappa shape index (κ1) is 11.1. The van der Waals surface area contributed by atoms with Crippen molar-refractivity contribution in [2.45, 2.75) is 19.3 Å². The average molecular weight is 216 g/mol. The summed E-state index contributed by atoms with van der Waals surface area (Å²) in [6.45, 7) is 0. The Morgan fingerprint density at radius 1 is 1.57 bits per heavy atom. The molecule has 1 heterocycles. The van der Waals surface area contributed by atoms with Crippen molar-refractivity contribution in [3.63, 3.8) is 0 Å². The molecule has 1 aliphatic heterocycles. The molecule has 5 heteroatoms. The van der Waals surface area contributed by atoms with Crippen LogP contribution in [-0.4, -0.2) is 31.0 Å². The van der Waals surface area contributed by atoms with E-state index in [4.69, 9.17) is 11.5 Å². The van der Waals surface area contributed by atoms with Crippen LogP contribution in [-0.2, 0) is 14.6 Å². The van der Waals surface area contributed by atoms with E-state index in [-0.39, 0.29) is 24.3 Å². The Morgan fingerprint density at radius 3 is 2.57 bits per heavy atom. The van der Waals surface area contributed by atoms with Crippen LogP contribution in [0.15, 0.2) is 0 Å². The number of hydrogen-bond acceptors (Lipinski definition) is 3. The predicted octanol–water partition coefficient (Wildman–Crippen LogP) is 0.289. The lowest BCUT2D eigenvalue weighted by Gasteiger charge is -2.20. The summed E-state index contributed by atoms with van der Waals surface area (Å²) in [5, 5.41) is 8.99. The number of carboxylic acids is 1. The first-order valence-electron chi connectivity index (χ1n) is 4.29. The molecule has 1 rings (SSSR count). The van der Waals surface area contributed by atoms with Crippen molar-refractivity contribution in [1.82, 2.24) is 0 Å². The van der Waals surface area contributed by atoms with Crippen LogP contribution in [0.5, 0.6) is 0 Å². The lowest BCUT2D eigenvalue weighted by molar-refractivity contribution is -0.147. The number of terminal acetylenes is 1. The summed E-state index contributed by atoms with van der Waals surface area (Å²) in [5.74, 6) is 0.991. The molecule has 0 saturated carbocycles.